The summed E-state index contributed by atoms with van der Waals surface area (Å²) in [4.78, 5) is 29.7. The highest BCUT2D eigenvalue weighted by Gasteiger charge is 2.32. The summed E-state index contributed by atoms with van der Waals surface area (Å²) in [7, 11) is 4.82. The van der Waals surface area contributed by atoms with Gasteiger partial charge in [0.25, 0.3) is 0 Å². The zero-order valence-corrected chi connectivity index (χ0v) is 24.4. The van der Waals surface area contributed by atoms with Gasteiger partial charge in [-0.1, -0.05) is 67.8 Å². The highest BCUT2D eigenvalue weighted by atomic mass is 16.5. The Labute approximate surface area is 243 Å². The van der Waals surface area contributed by atoms with Crippen LogP contribution >= 0.6 is 0 Å². The lowest BCUT2D eigenvalue weighted by Gasteiger charge is -2.33. The van der Waals surface area contributed by atoms with Crippen molar-refractivity contribution in [3.05, 3.63) is 89.5 Å². The standard InChI is InChI=1S/C34H42N2O5/c1-39-29-16-10-13-27(21-29)24-36(33(37)20-18-26-17-19-31(40-2)32(23-26)41-3)30(22-25-11-6-4-7-12-25)34(38)35-28-14-8-5-9-15-28/h4,6-7,10-13,16-17,19,21,23,28,30H,5,8-9,14-15,18,20,22,24H2,1-3H3,(H,35,38)/t30-/m0/s1. The van der Waals surface area contributed by atoms with E-state index in [0.29, 0.717) is 36.6 Å². The van der Waals surface area contributed by atoms with Crippen molar-refractivity contribution in [3.63, 3.8) is 0 Å². The molecule has 7 heteroatoms. The van der Waals surface area contributed by atoms with E-state index in [4.69, 9.17) is 14.2 Å². The van der Waals surface area contributed by atoms with E-state index >= 15 is 0 Å². The van der Waals surface area contributed by atoms with Gasteiger partial charge in [0.2, 0.25) is 11.8 Å². The zero-order chi connectivity index (χ0) is 29.0. The molecule has 41 heavy (non-hydrogen) atoms. The number of amides is 2. The molecule has 0 aliphatic heterocycles. The minimum Gasteiger partial charge on any atom is -0.497 e. The molecule has 1 aliphatic carbocycles. The molecule has 1 aliphatic rings. The molecule has 3 aromatic carbocycles. The van der Waals surface area contributed by atoms with Crippen molar-refractivity contribution < 1.29 is 23.8 Å². The largest absolute Gasteiger partial charge is 0.497 e. The molecule has 1 atom stereocenters. The maximum absolute atomic E-state index is 14.0. The molecule has 218 valence electrons. The van der Waals surface area contributed by atoms with Gasteiger partial charge in [-0.2, -0.15) is 0 Å². The minimum absolute atomic E-state index is 0.0812. The Morgan fingerprint density at radius 3 is 2.24 bits per heavy atom. The summed E-state index contributed by atoms with van der Waals surface area (Å²) in [6, 6.07) is 22.8. The number of aryl methyl sites for hydroxylation is 1. The van der Waals surface area contributed by atoms with E-state index in [2.05, 4.69) is 5.32 Å². The first-order valence-corrected chi connectivity index (χ1v) is 14.5. The van der Waals surface area contributed by atoms with Crippen LogP contribution in [0, 0.1) is 0 Å². The van der Waals surface area contributed by atoms with Gasteiger partial charge in [-0.3, -0.25) is 9.59 Å². The van der Waals surface area contributed by atoms with Crippen LogP contribution < -0.4 is 19.5 Å². The highest BCUT2D eigenvalue weighted by molar-refractivity contribution is 5.88. The summed E-state index contributed by atoms with van der Waals surface area (Å²) in [6.07, 6.45) is 6.59. The van der Waals surface area contributed by atoms with Crippen LogP contribution in [0.25, 0.3) is 0 Å². The Balaban J connectivity index is 1.62. The summed E-state index contributed by atoms with van der Waals surface area (Å²) >= 11 is 0. The summed E-state index contributed by atoms with van der Waals surface area (Å²) in [5.41, 5.74) is 2.88. The van der Waals surface area contributed by atoms with Gasteiger partial charge in [-0.15, -0.1) is 0 Å². The molecular weight excluding hydrogens is 516 g/mol. The lowest BCUT2D eigenvalue weighted by Crippen LogP contribution is -2.52. The first-order valence-electron chi connectivity index (χ1n) is 14.5. The van der Waals surface area contributed by atoms with Crippen LogP contribution in [-0.4, -0.2) is 50.1 Å². The monoisotopic (exact) mass is 558 g/mol. The molecule has 0 unspecified atom stereocenters. The number of nitrogens with one attached hydrogen (secondary N) is 1. The van der Waals surface area contributed by atoms with E-state index in [1.54, 1.807) is 26.2 Å². The maximum Gasteiger partial charge on any atom is 0.243 e. The maximum atomic E-state index is 14.0. The van der Waals surface area contributed by atoms with Crippen molar-refractivity contribution >= 4 is 11.8 Å². The first-order chi connectivity index (χ1) is 20.0. The van der Waals surface area contributed by atoms with Crippen molar-refractivity contribution in [1.29, 1.82) is 0 Å². The van der Waals surface area contributed by atoms with Gasteiger partial charge in [-0.05, 0) is 60.2 Å². The molecule has 1 fully saturated rings. The molecule has 2 amide bonds. The number of ether oxygens (including phenoxy) is 3. The fourth-order valence-electron chi connectivity index (χ4n) is 5.50. The molecule has 0 aromatic heterocycles. The number of carbonyl (C=O) groups is 2. The number of hydrogen-bond acceptors (Lipinski definition) is 5. The average Bonchev–Trinajstić information content (AvgIpc) is 3.02. The van der Waals surface area contributed by atoms with Crippen molar-refractivity contribution in [1.82, 2.24) is 10.2 Å². The number of rotatable bonds is 13. The van der Waals surface area contributed by atoms with Crippen LogP contribution in [0.15, 0.2) is 72.8 Å². The average molecular weight is 559 g/mol. The molecule has 0 bridgehead atoms. The second kappa shape index (κ2) is 15.1. The number of nitrogens with zero attached hydrogens (tertiary/aromatic N) is 1. The second-order valence-electron chi connectivity index (χ2n) is 10.6. The Morgan fingerprint density at radius 2 is 1.54 bits per heavy atom. The Kier molecular flexibility index (Phi) is 11.1. The SMILES string of the molecule is COc1cccc(CN(C(=O)CCc2ccc(OC)c(OC)c2)[C@@H](Cc2ccccc2)C(=O)NC2CCCCC2)c1. The van der Waals surface area contributed by atoms with Gasteiger partial charge in [-0.25, -0.2) is 0 Å². The van der Waals surface area contributed by atoms with Crippen LogP contribution in [0.5, 0.6) is 17.2 Å². The van der Waals surface area contributed by atoms with Gasteiger partial charge in [0, 0.05) is 25.4 Å². The van der Waals surface area contributed by atoms with E-state index in [9.17, 15) is 9.59 Å². The second-order valence-corrected chi connectivity index (χ2v) is 10.6. The number of hydrogen-bond donors (Lipinski definition) is 1. The lowest BCUT2D eigenvalue weighted by atomic mass is 9.94. The van der Waals surface area contributed by atoms with Crippen LogP contribution in [0.1, 0.15) is 55.2 Å². The van der Waals surface area contributed by atoms with Gasteiger partial charge < -0.3 is 24.4 Å². The van der Waals surface area contributed by atoms with Crippen molar-refractivity contribution in [2.45, 2.75) is 70.0 Å². The van der Waals surface area contributed by atoms with Crippen LogP contribution in [0.2, 0.25) is 0 Å². The third kappa shape index (κ3) is 8.49. The van der Waals surface area contributed by atoms with Gasteiger partial charge in [0.15, 0.2) is 11.5 Å². The third-order valence-corrected chi connectivity index (χ3v) is 7.79. The number of carbonyl (C=O) groups excluding carboxylic acids is 2. The van der Waals surface area contributed by atoms with Gasteiger partial charge >= 0.3 is 0 Å². The van der Waals surface area contributed by atoms with E-state index in [0.717, 1.165) is 42.4 Å². The molecule has 1 saturated carbocycles. The molecule has 7 nitrogen and oxygen atoms in total. The normalized spacial score (nSPS) is 14.1. The number of benzene rings is 3. The molecular formula is C34H42N2O5. The smallest absolute Gasteiger partial charge is 0.243 e. The summed E-state index contributed by atoms with van der Waals surface area (Å²) in [5, 5.41) is 3.30. The predicted octanol–water partition coefficient (Wildman–Crippen LogP) is 5.73. The van der Waals surface area contributed by atoms with Crippen molar-refractivity contribution in [2.24, 2.45) is 0 Å². The molecule has 0 heterocycles. The Hall–Kier alpha value is -4.00. The lowest BCUT2D eigenvalue weighted by molar-refractivity contribution is -0.141. The molecule has 4 rings (SSSR count). The van der Waals surface area contributed by atoms with E-state index in [-0.39, 0.29) is 24.3 Å². The van der Waals surface area contributed by atoms with Crippen molar-refractivity contribution in [2.75, 3.05) is 21.3 Å². The fourth-order valence-corrected chi connectivity index (χ4v) is 5.50. The third-order valence-electron chi connectivity index (χ3n) is 7.79. The molecule has 0 saturated heterocycles. The van der Waals surface area contributed by atoms with E-state index in [1.165, 1.54) is 6.42 Å². The predicted molar refractivity (Wildman–Crippen MR) is 160 cm³/mol. The quantitative estimate of drug-likeness (QED) is 0.290. The minimum atomic E-state index is -0.650. The van der Waals surface area contributed by atoms with E-state index < -0.39 is 6.04 Å². The Bertz CT molecular complexity index is 1270. The van der Waals surface area contributed by atoms with Crippen molar-refractivity contribution in [3.8, 4) is 17.2 Å². The molecule has 0 radical (unpaired) electrons. The van der Waals surface area contributed by atoms with Gasteiger partial charge in [0.05, 0.1) is 21.3 Å². The zero-order valence-electron chi connectivity index (χ0n) is 24.4. The molecule has 1 N–H and O–H groups in total. The highest BCUT2D eigenvalue weighted by Crippen LogP contribution is 2.28. The number of methoxy groups -OCH3 is 3. The molecule has 3 aromatic rings. The van der Waals surface area contributed by atoms with Crippen LogP contribution in [0.3, 0.4) is 0 Å². The van der Waals surface area contributed by atoms with E-state index in [1.807, 2.05) is 72.8 Å². The first kappa shape index (κ1) is 30.0. The topological polar surface area (TPSA) is 77.1 Å². The summed E-state index contributed by atoms with van der Waals surface area (Å²) < 4.78 is 16.3. The molecule has 0 spiro atoms. The van der Waals surface area contributed by atoms with Crippen LogP contribution in [0.4, 0.5) is 0 Å². The Morgan fingerprint density at radius 1 is 0.805 bits per heavy atom. The summed E-state index contributed by atoms with van der Waals surface area (Å²) in [5.74, 6) is 1.81. The fraction of sp³-hybridized carbons (Fsp3) is 0.412. The van der Waals surface area contributed by atoms with Crippen LogP contribution in [-0.2, 0) is 29.0 Å². The summed E-state index contributed by atoms with van der Waals surface area (Å²) in [6.45, 7) is 0.303. The van der Waals surface area contributed by atoms with Gasteiger partial charge in [0.1, 0.15) is 11.8 Å².